The molecule has 0 aliphatic heterocycles. The molecule has 0 unspecified atom stereocenters. The molecule has 2 rings (SSSR count). The smallest absolute Gasteiger partial charge is 0.407 e. The van der Waals surface area contributed by atoms with Gasteiger partial charge in [0.2, 0.25) is 0 Å². The van der Waals surface area contributed by atoms with E-state index < -0.39 is 6.09 Å². The van der Waals surface area contributed by atoms with Gasteiger partial charge in [0.05, 0.1) is 11.3 Å². The van der Waals surface area contributed by atoms with E-state index in [2.05, 4.69) is 15.6 Å². The number of nitrogens with zero attached hydrogens (tertiary/aromatic N) is 1. The average Bonchev–Trinajstić information content (AvgIpc) is 2.62. The fourth-order valence-electron chi connectivity index (χ4n) is 2.11. The molecule has 25 heavy (non-hydrogen) atoms. The largest absolute Gasteiger partial charge is 0.504 e. The minimum absolute atomic E-state index is 0.130. The number of phenolic OH excluding ortho intramolecular Hbond substituents is 2. The number of hydrogen-bond acceptors (Lipinski definition) is 6. The quantitative estimate of drug-likeness (QED) is 0.586. The normalized spacial score (nSPS) is 10.1. The lowest BCUT2D eigenvalue weighted by atomic mass is 10.1. The van der Waals surface area contributed by atoms with Crippen molar-refractivity contribution in [3.05, 3.63) is 53.3 Å². The molecule has 0 bridgehead atoms. The second-order valence-corrected chi connectivity index (χ2v) is 5.15. The lowest BCUT2D eigenvalue weighted by Crippen LogP contribution is -2.27. The van der Waals surface area contributed by atoms with Crippen LogP contribution in [0.1, 0.15) is 21.6 Å². The van der Waals surface area contributed by atoms with Gasteiger partial charge in [0.1, 0.15) is 6.61 Å². The second kappa shape index (κ2) is 8.53. The molecule has 2 aromatic rings. The van der Waals surface area contributed by atoms with E-state index in [0.29, 0.717) is 17.7 Å². The molecule has 4 N–H and O–H groups in total. The predicted octanol–water partition coefficient (Wildman–Crippen LogP) is 1.32. The van der Waals surface area contributed by atoms with Crippen molar-refractivity contribution in [3.63, 3.8) is 0 Å². The standard InChI is InChI=1S/C17H19N3O5/c1-18-16(23)12-3-2-7-19-13(12)10-25-17(24)20-8-6-11-4-5-14(21)15(22)9-11/h2-5,7,9,21-22H,6,8,10H2,1H3,(H,18,23)(H,20,24). The molecule has 1 aromatic carbocycles. The first-order valence-electron chi connectivity index (χ1n) is 7.58. The van der Waals surface area contributed by atoms with E-state index in [-0.39, 0.29) is 30.6 Å². The summed E-state index contributed by atoms with van der Waals surface area (Å²) in [6.45, 7) is 0.156. The van der Waals surface area contributed by atoms with Crippen LogP contribution in [0.5, 0.6) is 11.5 Å². The van der Waals surface area contributed by atoms with Crippen molar-refractivity contribution in [1.82, 2.24) is 15.6 Å². The molecular formula is C17H19N3O5. The molecule has 0 fully saturated rings. The summed E-state index contributed by atoms with van der Waals surface area (Å²) in [6.07, 6.45) is 1.33. The average molecular weight is 345 g/mol. The number of amides is 2. The van der Waals surface area contributed by atoms with Crippen molar-refractivity contribution in [3.8, 4) is 11.5 Å². The Morgan fingerprint density at radius 2 is 2.00 bits per heavy atom. The molecule has 132 valence electrons. The number of alkyl carbamates (subject to hydrolysis) is 1. The van der Waals surface area contributed by atoms with Gasteiger partial charge in [0.15, 0.2) is 11.5 Å². The fraction of sp³-hybridized carbons (Fsp3) is 0.235. The summed E-state index contributed by atoms with van der Waals surface area (Å²) in [5.41, 5.74) is 1.46. The van der Waals surface area contributed by atoms with Gasteiger partial charge in [-0.1, -0.05) is 6.07 Å². The number of ether oxygens (including phenoxy) is 1. The zero-order chi connectivity index (χ0) is 18.2. The van der Waals surface area contributed by atoms with Crippen LogP contribution in [0.15, 0.2) is 36.5 Å². The van der Waals surface area contributed by atoms with Gasteiger partial charge in [0.25, 0.3) is 5.91 Å². The molecule has 8 nitrogen and oxygen atoms in total. The summed E-state index contributed by atoms with van der Waals surface area (Å²) in [4.78, 5) is 27.5. The maximum atomic E-state index is 11.7. The summed E-state index contributed by atoms with van der Waals surface area (Å²) in [7, 11) is 1.51. The molecule has 1 heterocycles. The van der Waals surface area contributed by atoms with Gasteiger partial charge >= 0.3 is 6.09 Å². The maximum Gasteiger partial charge on any atom is 0.407 e. The van der Waals surface area contributed by atoms with Gasteiger partial charge in [-0.25, -0.2) is 4.79 Å². The number of rotatable bonds is 6. The van der Waals surface area contributed by atoms with E-state index >= 15 is 0 Å². The molecule has 0 aliphatic rings. The molecule has 0 saturated heterocycles. The van der Waals surface area contributed by atoms with Gasteiger partial charge in [-0.3, -0.25) is 9.78 Å². The summed E-state index contributed by atoms with van der Waals surface area (Å²) >= 11 is 0. The lowest BCUT2D eigenvalue weighted by molar-refractivity contribution is 0.0955. The number of carbonyl (C=O) groups excluding carboxylic acids is 2. The van der Waals surface area contributed by atoms with Gasteiger partial charge in [-0.2, -0.15) is 0 Å². The van der Waals surface area contributed by atoms with Crippen LogP contribution < -0.4 is 10.6 Å². The summed E-state index contributed by atoms with van der Waals surface area (Å²) in [6, 6.07) is 7.67. The third kappa shape index (κ3) is 5.10. The Labute approximate surface area is 144 Å². The highest BCUT2D eigenvalue weighted by Crippen LogP contribution is 2.24. The Balaban J connectivity index is 1.81. The fourth-order valence-corrected chi connectivity index (χ4v) is 2.11. The molecule has 8 heteroatoms. The number of nitrogens with one attached hydrogen (secondary N) is 2. The van der Waals surface area contributed by atoms with Crippen molar-refractivity contribution < 1.29 is 24.5 Å². The van der Waals surface area contributed by atoms with E-state index in [1.54, 1.807) is 18.2 Å². The Kier molecular flexibility index (Phi) is 6.16. The van der Waals surface area contributed by atoms with Crippen LogP contribution in [-0.4, -0.2) is 40.8 Å². The van der Waals surface area contributed by atoms with Crippen LogP contribution in [0.2, 0.25) is 0 Å². The topological polar surface area (TPSA) is 121 Å². The molecule has 0 atom stereocenters. The summed E-state index contributed by atoms with van der Waals surface area (Å²) < 4.78 is 5.06. The van der Waals surface area contributed by atoms with Crippen LogP contribution in [0.3, 0.4) is 0 Å². The molecule has 0 radical (unpaired) electrons. The van der Waals surface area contributed by atoms with Crippen molar-refractivity contribution in [1.29, 1.82) is 0 Å². The molecule has 0 saturated carbocycles. The molecule has 1 aromatic heterocycles. The van der Waals surface area contributed by atoms with E-state index in [1.165, 1.54) is 25.4 Å². The van der Waals surface area contributed by atoms with Gasteiger partial charge < -0.3 is 25.6 Å². The SMILES string of the molecule is CNC(=O)c1cccnc1COC(=O)NCCc1ccc(O)c(O)c1. The van der Waals surface area contributed by atoms with Crippen LogP contribution >= 0.6 is 0 Å². The molecular weight excluding hydrogens is 326 g/mol. The van der Waals surface area contributed by atoms with E-state index in [9.17, 15) is 19.8 Å². The maximum absolute atomic E-state index is 11.7. The van der Waals surface area contributed by atoms with Crippen molar-refractivity contribution in [2.24, 2.45) is 0 Å². The van der Waals surface area contributed by atoms with Crippen LogP contribution in [0.4, 0.5) is 4.79 Å². The van der Waals surface area contributed by atoms with Crippen molar-refractivity contribution in [2.75, 3.05) is 13.6 Å². The summed E-state index contributed by atoms with van der Waals surface area (Å²) in [5.74, 6) is -0.713. The third-order valence-corrected chi connectivity index (χ3v) is 3.42. The molecule has 2 amide bonds. The number of aromatic nitrogens is 1. The number of carbonyl (C=O) groups is 2. The minimum atomic E-state index is -0.642. The number of pyridine rings is 1. The molecule has 0 aliphatic carbocycles. The Morgan fingerprint density at radius 1 is 1.20 bits per heavy atom. The van der Waals surface area contributed by atoms with Gasteiger partial charge in [0, 0.05) is 19.8 Å². The predicted molar refractivity (Wildman–Crippen MR) is 89.3 cm³/mol. The first-order chi connectivity index (χ1) is 12.0. The summed E-state index contributed by atoms with van der Waals surface area (Å²) in [5, 5.41) is 23.7. The van der Waals surface area contributed by atoms with Gasteiger partial charge in [-0.05, 0) is 36.2 Å². The first kappa shape index (κ1) is 18.1. The van der Waals surface area contributed by atoms with Crippen LogP contribution in [0.25, 0.3) is 0 Å². The second-order valence-electron chi connectivity index (χ2n) is 5.15. The number of benzene rings is 1. The highest BCUT2D eigenvalue weighted by atomic mass is 16.5. The van der Waals surface area contributed by atoms with Crippen molar-refractivity contribution in [2.45, 2.75) is 13.0 Å². The minimum Gasteiger partial charge on any atom is -0.504 e. The Hall–Kier alpha value is -3.29. The molecule has 0 spiro atoms. The highest BCUT2D eigenvalue weighted by Gasteiger charge is 2.12. The monoisotopic (exact) mass is 345 g/mol. The van der Waals surface area contributed by atoms with Crippen molar-refractivity contribution >= 4 is 12.0 Å². The highest BCUT2D eigenvalue weighted by molar-refractivity contribution is 5.95. The number of hydrogen-bond donors (Lipinski definition) is 4. The first-order valence-corrected chi connectivity index (χ1v) is 7.58. The van der Waals surface area contributed by atoms with Crippen LogP contribution in [-0.2, 0) is 17.8 Å². The van der Waals surface area contributed by atoms with E-state index in [1.807, 2.05) is 0 Å². The number of aromatic hydroxyl groups is 2. The zero-order valence-corrected chi connectivity index (χ0v) is 13.7. The zero-order valence-electron chi connectivity index (χ0n) is 13.7. The van der Waals surface area contributed by atoms with E-state index in [0.717, 1.165) is 5.56 Å². The Bertz CT molecular complexity index is 764. The number of phenols is 2. The van der Waals surface area contributed by atoms with Crippen LogP contribution in [0, 0.1) is 0 Å². The lowest BCUT2D eigenvalue weighted by Gasteiger charge is -2.09. The van der Waals surface area contributed by atoms with E-state index in [4.69, 9.17) is 4.74 Å². The Morgan fingerprint density at radius 3 is 2.72 bits per heavy atom. The third-order valence-electron chi connectivity index (χ3n) is 3.42. The van der Waals surface area contributed by atoms with Gasteiger partial charge in [-0.15, -0.1) is 0 Å².